The van der Waals surface area contributed by atoms with Gasteiger partial charge in [-0.05, 0) is 67.7 Å². The molecule has 1 atom stereocenters. The molecule has 0 amide bonds. The Hall–Kier alpha value is -2.47. The van der Waals surface area contributed by atoms with E-state index in [9.17, 15) is 14.3 Å². The highest BCUT2D eigenvalue weighted by atomic mass is 19.1. The van der Waals surface area contributed by atoms with Crippen LogP contribution in [0.25, 0.3) is 0 Å². The van der Waals surface area contributed by atoms with Gasteiger partial charge in [0.05, 0.1) is 7.11 Å². The number of carbonyl (C=O) groups is 1. The largest absolute Gasteiger partial charge is 0.496 e. The molecule has 0 unspecified atom stereocenters. The number of benzene rings is 1. The molecule has 1 aliphatic rings. The summed E-state index contributed by atoms with van der Waals surface area (Å²) in [6.45, 7) is 1.26. The summed E-state index contributed by atoms with van der Waals surface area (Å²) in [6, 6.07) is 7.10. The highest BCUT2D eigenvalue weighted by Gasteiger charge is 2.33. The van der Waals surface area contributed by atoms with E-state index >= 15 is 0 Å². The van der Waals surface area contributed by atoms with Crippen molar-refractivity contribution >= 4 is 5.97 Å². The predicted molar refractivity (Wildman–Crippen MR) is 91.1 cm³/mol. The number of carboxylic acids is 1. The molecule has 1 aromatic heterocycles. The molecule has 132 valence electrons. The standard InChI is InChI=1S/C19H21FN2O3/c1-25-17-3-2-15(20)12-16(17)18(19(23)24)22-10-6-14(7-11-22)13-4-8-21-9-5-13/h2-5,8-9,12,14,18H,6-7,10-11H2,1H3,(H,23,24)/t18-/m1/s1. The number of aromatic nitrogens is 1. The Labute approximate surface area is 146 Å². The molecule has 1 N–H and O–H groups in total. The van der Waals surface area contributed by atoms with Gasteiger partial charge in [-0.3, -0.25) is 14.7 Å². The van der Waals surface area contributed by atoms with Gasteiger partial charge in [-0.15, -0.1) is 0 Å². The van der Waals surface area contributed by atoms with Crippen molar-refractivity contribution in [1.82, 2.24) is 9.88 Å². The zero-order chi connectivity index (χ0) is 17.8. The number of likely N-dealkylation sites (tertiary alicyclic amines) is 1. The number of carboxylic acid groups (broad SMARTS) is 1. The van der Waals surface area contributed by atoms with E-state index in [2.05, 4.69) is 4.98 Å². The van der Waals surface area contributed by atoms with E-state index < -0.39 is 17.8 Å². The Morgan fingerprint density at radius 3 is 2.56 bits per heavy atom. The molecule has 2 aromatic rings. The van der Waals surface area contributed by atoms with Crippen LogP contribution in [-0.2, 0) is 4.79 Å². The third-order valence-corrected chi connectivity index (χ3v) is 4.79. The second-order valence-corrected chi connectivity index (χ2v) is 6.22. The molecule has 1 saturated heterocycles. The second-order valence-electron chi connectivity index (χ2n) is 6.22. The number of hydrogen-bond donors (Lipinski definition) is 1. The fourth-order valence-corrected chi connectivity index (χ4v) is 3.53. The van der Waals surface area contributed by atoms with Gasteiger partial charge in [0.1, 0.15) is 17.6 Å². The summed E-state index contributed by atoms with van der Waals surface area (Å²) in [7, 11) is 1.46. The van der Waals surface area contributed by atoms with Gasteiger partial charge < -0.3 is 9.84 Å². The van der Waals surface area contributed by atoms with Crippen LogP contribution in [0.4, 0.5) is 4.39 Å². The van der Waals surface area contributed by atoms with Crippen molar-refractivity contribution in [2.45, 2.75) is 24.8 Å². The van der Waals surface area contributed by atoms with Crippen molar-refractivity contribution in [2.75, 3.05) is 20.2 Å². The average Bonchev–Trinajstić information content (AvgIpc) is 2.63. The van der Waals surface area contributed by atoms with Crippen LogP contribution in [0.2, 0.25) is 0 Å². The zero-order valence-electron chi connectivity index (χ0n) is 14.1. The molecule has 1 aromatic carbocycles. The number of halogens is 1. The summed E-state index contributed by atoms with van der Waals surface area (Å²) in [5, 5.41) is 9.74. The smallest absolute Gasteiger partial charge is 0.325 e. The summed E-state index contributed by atoms with van der Waals surface area (Å²) >= 11 is 0. The lowest BCUT2D eigenvalue weighted by Gasteiger charge is -2.36. The maximum Gasteiger partial charge on any atom is 0.325 e. The minimum absolute atomic E-state index is 0.359. The van der Waals surface area contributed by atoms with E-state index in [0.29, 0.717) is 30.3 Å². The van der Waals surface area contributed by atoms with Crippen molar-refractivity contribution in [3.8, 4) is 5.75 Å². The molecule has 6 heteroatoms. The van der Waals surface area contributed by atoms with Gasteiger partial charge in [0.25, 0.3) is 0 Å². The van der Waals surface area contributed by atoms with Crippen LogP contribution in [-0.4, -0.2) is 41.2 Å². The number of hydrogen-bond acceptors (Lipinski definition) is 4. The number of aliphatic carboxylic acids is 1. The molecule has 1 fully saturated rings. The van der Waals surface area contributed by atoms with E-state index in [4.69, 9.17) is 4.74 Å². The van der Waals surface area contributed by atoms with Crippen LogP contribution in [0.3, 0.4) is 0 Å². The normalized spacial score (nSPS) is 17.2. The lowest BCUT2D eigenvalue weighted by Crippen LogP contribution is -2.40. The maximum atomic E-state index is 13.7. The summed E-state index contributed by atoms with van der Waals surface area (Å²) in [6.07, 6.45) is 5.26. The van der Waals surface area contributed by atoms with Gasteiger partial charge in [-0.25, -0.2) is 4.39 Å². The summed E-state index contributed by atoms with van der Waals surface area (Å²) in [5.41, 5.74) is 1.59. The first-order valence-electron chi connectivity index (χ1n) is 8.30. The first kappa shape index (κ1) is 17.4. The maximum absolute atomic E-state index is 13.7. The lowest BCUT2D eigenvalue weighted by atomic mass is 9.88. The van der Waals surface area contributed by atoms with Crippen molar-refractivity contribution in [1.29, 1.82) is 0 Å². The Morgan fingerprint density at radius 1 is 1.28 bits per heavy atom. The van der Waals surface area contributed by atoms with Gasteiger partial charge >= 0.3 is 5.97 Å². The second kappa shape index (κ2) is 7.61. The van der Waals surface area contributed by atoms with Crippen LogP contribution in [0.15, 0.2) is 42.7 Å². The average molecular weight is 344 g/mol. The minimum atomic E-state index is -0.994. The third-order valence-electron chi connectivity index (χ3n) is 4.79. The number of pyridine rings is 1. The van der Waals surface area contributed by atoms with Gasteiger partial charge in [0.15, 0.2) is 0 Å². The number of methoxy groups -OCH3 is 1. The first-order chi connectivity index (χ1) is 12.1. The Balaban J connectivity index is 1.80. The Bertz CT molecular complexity index is 731. The molecule has 0 spiro atoms. The Morgan fingerprint density at radius 2 is 1.96 bits per heavy atom. The first-order valence-corrected chi connectivity index (χ1v) is 8.30. The Kier molecular flexibility index (Phi) is 5.28. The zero-order valence-corrected chi connectivity index (χ0v) is 14.1. The summed E-state index contributed by atoms with van der Waals surface area (Å²) in [5.74, 6) is -0.673. The molecular weight excluding hydrogens is 323 g/mol. The monoisotopic (exact) mass is 344 g/mol. The fourth-order valence-electron chi connectivity index (χ4n) is 3.53. The number of nitrogens with zero attached hydrogens (tertiary/aromatic N) is 2. The van der Waals surface area contributed by atoms with Crippen LogP contribution < -0.4 is 4.74 Å². The summed E-state index contributed by atoms with van der Waals surface area (Å²) in [4.78, 5) is 17.8. The van der Waals surface area contributed by atoms with Gasteiger partial charge in [0, 0.05) is 18.0 Å². The highest BCUT2D eigenvalue weighted by Crippen LogP contribution is 2.35. The molecule has 0 aliphatic carbocycles. The third kappa shape index (κ3) is 3.79. The molecule has 0 radical (unpaired) electrons. The molecular formula is C19H21FN2O3. The quantitative estimate of drug-likeness (QED) is 0.902. The predicted octanol–water partition coefficient (Wildman–Crippen LogP) is 3.23. The SMILES string of the molecule is COc1ccc(F)cc1[C@H](C(=O)O)N1CCC(c2ccncc2)CC1. The van der Waals surface area contributed by atoms with Crippen LogP contribution in [0.5, 0.6) is 5.75 Å². The van der Waals surface area contributed by atoms with E-state index in [1.165, 1.54) is 30.9 Å². The molecule has 2 heterocycles. The number of piperidine rings is 1. The number of ether oxygens (including phenoxy) is 1. The lowest BCUT2D eigenvalue weighted by molar-refractivity contribution is -0.144. The van der Waals surface area contributed by atoms with Crippen molar-refractivity contribution < 1.29 is 19.0 Å². The van der Waals surface area contributed by atoms with Crippen molar-refractivity contribution in [3.63, 3.8) is 0 Å². The minimum Gasteiger partial charge on any atom is -0.496 e. The van der Waals surface area contributed by atoms with Crippen LogP contribution >= 0.6 is 0 Å². The topological polar surface area (TPSA) is 62.7 Å². The van der Waals surface area contributed by atoms with E-state index in [0.717, 1.165) is 12.8 Å². The van der Waals surface area contributed by atoms with E-state index in [-0.39, 0.29) is 0 Å². The molecule has 0 bridgehead atoms. The van der Waals surface area contributed by atoms with Gasteiger partial charge in [0.2, 0.25) is 0 Å². The van der Waals surface area contributed by atoms with Crippen LogP contribution in [0.1, 0.15) is 35.9 Å². The summed E-state index contributed by atoms with van der Waals surface area (Å²) < 4.78 is 18.9. The molecule has 5 nitrogen and oxygen atoms in total. The molecule has 25 heavy (non-hydrogen) atoms. The fraction of sp³-hybridized carbons (Fsp3) is 0.368. The van der Waals surface area contributed by atoms with Crippen LogP contribution in [0, 0.1) is 5.82 Å². The molecule has 3 rings (SSSR count). The van der Waals surface area contributed by atoms with E-state index in [1.54, 1.807) is 12.4 Å². The van der Waals surface area contributed by atoms with Crippen molar-refractivity contribution in [3.05, 3.63) is 59.7 Å². The molecule has 0 saturated carbocycles. The molecule has 1 aliphatic heterocycles. The van der Waals surface area contributed by atoms with Crippen molar-refractivity contribution in [2.24, 2.45) is 0 Å². The highest BCUT2D eigenvalue weighted by molar-refractivity contribution is 5.76. The number of rotatable bonds is 5. The van der Waals surface area contributed by atoms with Gasteiger partial charge in [-0.1, -0.05) is 0 Å². The van der Waals surface area contributed by atoms with Gasteiger partial charge in [-0.2, -0.15) is 0 Å². The van der Waals surface area contributed by atoms with E-state index in [1.807, 2.05) is 17.0 Å².